The Balaban J connectivity index is 1.19. The molecule has 1 aromatic carbocycles. The lowest BCUT2D eigenvalue weighted by atomic mass is 9.83. The number of nitrogens with one attached hydrogen (secondary N) is 3. The lowest BCUT2D eigenvalue weighted by molar-refractivity contribution is -0.146. The molecule has 59 heavy (non-hydrogen) atoms. The van der Waals surface area contributed by atoms with Crippen molar-refractivity contribution >= 4 is 57.3 Å². The van der Waals surface area contributed by atoms with Crippen LogP contribution in [-0.2, 0) is 23.9 Å². The average molecular weight is 833 g/mol. The molecular weight excluding hydrogens is 781 g/mol. The fraction of sp³-hybridized carbons (Fsp3) is 0.548. The van der Waals surface area contributed by atoms with Gasteiger partial charge in [-0.05, 0) is 76.8 Å². The second-order valence-corrected chi connectivity index (χ2v) is 17.0. The van der Waals surface area contributed by atoms with Crippen molar-refractivity contribution in [2.24, 2.45) is 11.8 Å². The van der Waals surface area contributed by atoms with Crippen LogP contribution in [0.25, 0.3) is 22.3 Å². The Labute approximate surface area is 346 Å². The van der Waals surface area contributed by atoms with Crippen molar-refractivity contribution in [2.75, 3.05) is 19.0 Å². The highest BCUT2D eigenvalue weighted by Gasteiger charge is 2.61. The first-order valence-corrected chi connectivity index (χ1v) is 21.3. The van der Waals surface area contributed by atoms with E-state index in [1.54, 1.807) is 50.6 Å². The number of anilines is 1. The van der Waals surface area contributed by atoms with Gasteiger partial charge in [0, 0.05) is 35.2 Å². The van der Waals surface area contributed by atoms with Gasteiger partial charge in [-0.15, -0.1) is 17.9 Å². The zero-order valence-electron chi connectivity index (χ0n) is 33.6. The number of carbonyl (C=O) groups excluding carboxylic acids is 4. The summed E-state index contributed by atoms with van der Waals surface area (Å²) in [5.41, 5.74) is -0.122. The molecule has 7 rings (SSSR count). The molecule has 3 saturated carbocycles. The fourth-order valence-corrected chi connectivity index (χ4v) is 9.22. The maximum Gasteiger partial charge on any atom is 0.413 e. The number of rotatable bonds is 14. The van der Waals surface area contributed by atoms with Gasteiger partial charge < -0.3 is 39.6 Å². The summed E-state index contributed by atoms with van der Waals surface area (Å²) in [5, 5.41) is 21.1. The molecule has 5 unspecified atom stereocenters. The Bertz CT molecular complexity index is 2080. The summed E-state index contributed by atoms with van der Waals surface area (Å²) in [6.07, 6.45) is 6.90. The van der Waals surface area contributed by atoms with Crippen LogP contribution in [0.3, 0.4) is 0 Å². The minimum absolute atomic E-state index is 0.0253. The molecule has 3 aliphatic carbocycles. The van der Waals surface area contributed by atoms with E-state index in [0.717, 1.165) is 57.8 Å². The minimum atomic E-state index is -1.53. The molecule has 3 aromatic rings. The Kier molecular flexibility index (Phi) is 12.6. The van der Waals surface area contributed by atoms with Crippen LogP contribution in [0.5, 0.6) is 11.5 Å². The Hall–Kier alpha value is -5.45. The summed E-state index contributed by atoms with van der Waals surface area (Å²) < 4.78 is 23.1. The van der Waals surface area contributed by atoms with Gasteiger partial charge in [-0.2, -0.15) is 0 Å². The van der Waals surface area contributed by atoms with Gasteiger partial charge in [0.25, 0.3) is 0 Å². The third-order valence-corrected chi connectivity index (χ3v) is 12.5. The van der Waals surface area contributed by atoms with Crippen molar-refractivity contribution in [2.45, 2.75) is 120 Å². The SMILES string of the molecule is C=CC1CC1(NC(=O)C1CC(Oc2cc(-c3csc(NC(=O)OC(C)C)n3)nc3cc(OC)ccc23)CN1C(=O)C(NC(=O)OC1CCCC1)C1CCCCC1)C(=O)O. The highest BCUT2D eigenvalue weighted by atomic mass is 32.1. The van der Waals surface area contributed by atoms with Gasteiger partial charge in [0.2, 0.25) is 11.8 Å². The van der Waals surface area contributed by atoms with Crippen LogP contribution in [-0.4, -0.2) is 99.5 Å². The molecule has 1 aliphatic heterocycles. The van der Waals surface area contributed by atoms with Crippen molar-refractivity contribution in [3.05, 3.63) is 42.3 Å². The monoisotopic (exact) mass is 832 g/mol. The van der Waals surface area contributed by atoms with E-state index in [4.69, 9.17) is 23.9 Å². The molecule has 5 atom stereocenters. The van der Waals surface area contributed by atoms with E-state index in [9.17, 15) is 29.1 Å². The quantitative estimate of drug-likeness (QED) is 0.130. The molecule has 2 aromatic heterocycles. The number of likely N-dealkylation sites (tertiary alicyclic amines) is 1. The Morgan fingerprint density at radius 1 is 0.983 bits per heavy atom. The average Bonchev–Trinajstić information content (AvgIpc) is 3.62. The first-order chi connectivity index (χ1) is 28.4. The predicted octanol–water partition coefficient (Wildman–Crippen LogP) is 6.44. The second kappa shape index (κ2) is 17.8. The number of pyridine rings is 1. The van der Waals surface area contributed by atoms with Crippen LogP contribution in [0.4, 0.5) is 14.7 Å². The van der Waals surface area contributed by atoms with Crippen molar-refractivity contribution < 1.29 is 48.0 Å². The molecule has 3 heterocycles. The number of alkyl carbamates (subject to hydrolysis) is 1. The van der Waals surface area contributed by atoms with E-state index in [1.165, 1.54) is 22.3 Å². The van der Waals surface area contributed by atoms with E-state index in [0.29, 0.717) is 38.9 Å². The molecule has 4 amide bonds. The summed E-state index contributed by atoms with van der Waals surface area (Å²) >= 11 is 1.19. The maximum atomic E-state index is 14.8. The second-order valence-electron chi connectivity index (χ2n) is 16.1. The van der Waals surface area contributed by atoms with Gasteiger partial charge in [-0.25, -0.2) is 24.4 Å². The zero-order chi connectivity index (χ0) is 41.8. The Morgan fingerprint density at radius 2 is 1.73 bits per heavy atom. The third kappa shape index (κ3) is 9.40. The Morgan fingerprint density at radius 3 is 2.41 bits per heavy atom. The predicted molar refractivity (Wildman–Crippen MR) is 218 cm³/mol. The molecule has 4 fully saturated rings. The first-order valence-electron chi connectivity index (χ1n) is 20.4. The van der Waals surface area contributed by atoms with E-state index in [1.807, 2.05) is 0 Å². The highest BCUT2D eigenvalue weighted by molar-refractivity contribution is 7.14. The van der Waals surface area contributed by atoms with Gasteiger partial charge in [-0.3, -0.25) is 14.9 Å². The molecular formula is C42H52N6O10S. The molecule has 4 aliphatic rings. The van der Waals surface area contributed by atoms with Gasteiger partial charge in [0.1, 0.15) is 47.0 Å². The molecule has 4 N–H and O–H groups in total. The minimum Gasteiger partial charge on any atom is -0.497 e. The number of carboxylic acid groups (broad SMARTS) is 1. The van der Waals surface area contributed by atoms with Gasteiger partial charge in [-0.1, -0.05) is 25.3 Å². The normalized spacial score (nSPS) is 23.7. The largest absolute Gasteiger partial charge is 0.497 e. The summed E-state index contributed by atoms with van der Waals surface area (Å²) in [6, 6.07) is 4.96. The number of benzene rings is 1. The van der Waals surface area contributed by atoms with Gasteiger partial charge in [0.15, 0.2) is 5.13 Å². The van der Waals surface area contributed by atoms with Crippen molar-refractivity contribution in [1.82, 2.24) is 25.5 Å². The number of hydrogen-bond donors (Lipinski definition) is 4. The summed E-state index contributed by atoms with van der Waals surface area (Å²) in [4.78, 5) is 77.9. The molecule has 0 bridgehead atoms. The van der Waals surface area contributed by atoms with E-state index in [-0.39, 0.29) is 37.5 Å². The number of carboxylic acids is 1. The van der Waals surface area contributed by atoms with E-state index < -0.39 is 59.6 Å². The number of fused-ring (bicyclic) bond motifs is 1. The topological polar surface area (TPSA) is 208 Å². The number of methoxy groups -OCH3 is 1. The van der Waals surface area contributed by atoms with Crippen LogP contribution < -0.4 is 25.4 Å². The molecule has 316 valence electrons. The highest BCUT2D eigenvalue weighted by Crippen LogP contribution is 2.45. The standard InChI is InChI=1S/C42H52N6O10S/c1-5-25-20-42(25,38(51)52)47-36(49)33-18-28(21-48(33)37(50)35(24-11-7-6-8-12-24)45-40(53)58-26-13-9-10-14-26)57-34-19-31(43-30-17-27(55-4)15-16-29(30)34)32-22-59-39(44-32)46-41(54)56-23(2)3/h5,15-17,19,22-26,28,33,35H,1,6-14,18,20-21H2,2-4H3,(H,45,53)(H,47,49)(H,51,52)(H,44,46,54). The number of hydrogen-bond acceptors (Lipinski definition) is 12. The molecule has 0 spiro atoms. The number of thiazole rings is 1. The van der Waals surface area contributed by atoms with Crippen LogP contribution in [0.1, 0.15) is 84.5 Å². The summed E-state index contributed by atoms with van der Waals surface area (Å²) in [6.45, 7) is 7.20. The van der Waals surface area contributed by atoms with Crippen LogP contribution in [0.2, 0.25) is 0 Å². The number of aliphatic carboxylic acids is 1. The molecule has 17 heteroatoms. The first kappa shape index (κ1) is 41.7. The lowest BCUT2D eigenvalue weighted by Gasteiger charge is -2.34. The summed E-state index contributed by atoms with van der Waals surface area (Å²) in [7, 11) is 1.55. The van der Waals surface area contributed by atoms with Crippen molar-refractivity contribution in [3.8, 4) is 22.9 Å². The molecule has 16 nitrogen and oxygen atoms in total. The van der Waals surface area contributed by atoms with E-state index in [2.05, 4.69) is 27.5 Å². The van der Waals surface area contributed by atoms with Crippen LogP contribution in [0, 0.1) is 11.8 Å². The zero-order valence-corrected chi connectivity index (χ0v) is 34.4. The van der Waals surface area contributed by atoms with Gasteiger partial charge in [0.05, 0.1) is 31.0 Å². The third-order valence-electron chi connectivity index (χ3n) is 11.7. The van der Waals surface area contributed by atoms with Gasteiger partial charge >= 0.3 is 18.2 Å². The number of carbonyl (C=O) groups is 5. The maximum absolute atomic E-state index is 14.8. The molecule has 1 saturated heterocycles. The number of amides is 4. The number of ether oxygens (including phenoxy) is 4. The van der Waals surface area contributed by atoms with Crippen LogP contribution >= 0.6 is 11.3 Å². The number of aromatic nitrogens is 2. The van der Waals surface area contributed by atoms with Crippen molar-refractivity contribution in [1.29, 1.82) is 0 Å². The molecule has 0 radical (unpaired) electrons. The van der Waals surface area contributed by atoms with Crippen molar-refractivity contribution in [3.63, 3.8) is 0 Å². The van der Waals surface area contributed by atoms with Crippen LogP contribution in [0.15, 0.2) is 42.3 Å². The lowest BCUT2D eigenvalue weighted by Crippen LogP contribution is -2.58. The summed E-state index contributed by atoms with van der Waals surface area (Å²) in [5.74, 6) is -1.96. The van der Waals surface area contributed by atoms with E-state index >= 15 is 0 Å². The number of nitrogens with zero attached hydrogens (tertiary/aromatic N) is 3. The fourth-order valence-electron chi connectivity index (χ4n) is 8.53. The smallest absolute Gasteiger partial charge is 0.413 e.